The lowest BCUT2D eigenvalue weighted by atomic mass is 9.77. The molecule has 0 spiro atoms. The third-order valence-corrected chi connectivity index (χ3v) is 6.03. The first kappa shape index (κ1) is 19.9. The van der Waals surface area contributed by atoms with E-state index in [0.717, 1.165) is 24.0 Å². The van der Waals surface area contributed by atoms with Crippen molar-refractivity contribution in [3.63, 3.8) is 0 Å². The summed E-state index contributed by atoms with van der Waals surface area (Å²) in [5.74, 6) is 2.31. The highest BCUT2D eigenvalue weighted by molar-refractivity contribution is 5.25. The van der Waals surface area contributed by atoms with Crippen molar-refractivity contribution >= 4 is 0 Å². The van der Waals surface area contributed by atoms with Gasteiger partial charge in [0, 0.05) is 0 Å². The molecule has 2 aromatic rings. The van der Waals surface area contributed by atoms with Gasteiger partial charge in [0.1, 0.15) is 17.7 Å². The van der Waals surface area contributed by atoms with Gasteiger partial charge in [-0.2, -0.15) is 0 Å². The van der Waals surface area contributed by atoms with Crippen LogP contribution in [0.3, 0.4) is 0 Å². The van der Waals surface area contributed by atoms with E-state index in [0.29, 0.717) is 0 Å². The fourth-order valence-corrected chi connectivity index (χ4v) is 4.33. The fourth-order valence-electron chi connectivity index (χ4n) is 4.33. The first-order valence-corrected chi connectivity index (χ1v) is 10.7. The van der Waals surface area contributed by atoms with Crippen LogP contribution in [-0.4, -0.2) is 0 Å². The summed E-state index contributed by atoms with van der Waals surface area (Å²) in [6.07, 6.45) is 11.9. The van der Waals surface area contributed by atoms with Gasteiger partial charge in [0.15, 0.2) is 0 Å². The first-order chi connectivity index (χ1) is 13.2. The van der Waals surface area contributed by atoms with Crippen molar-refractivity contribution < 1.29 is 9.13 Å². The van der Waals surface area contributed by atoms with Crippen LogP contribution in [0.25, 0.3) is 0 Å². The van der Waals surface area contributed by atoms with Gasteiger partial charge in [0.25, 0.3) is 0 Å². The highest BCUT2D eigenvalue weighted by Crippen LogP contribution is 2.36. The molecule has 0 N–H and O–H groups in total. The van der Waals surface area contributed by atoms with Gasteiger partial charge in [-0.15, -0.1) is 0 Å². The molecule has 1 atom stereocenters. The van der Waals surface area contributed by atoms with Crippen LogP contribution in [-0.2, 0) is 0 Å². The van der Waals surface area contributed by atoms with Crippen molar-refractivity contribution in [3.8, 4) is 5.75 Å². The summed E-state index contributed by atoms with van der Waals surface area (Å²) in [4.78, 5) is 0. The van der Waals surface area contributed by atoms with Gasteiger partial charge in [-0.25, -0.2) is 4.39 Å². The Morgan fingerprint density at radius 2 is 1.52 bits per heavy atom. The summed E-state index contributed by atoms with van der Waals surface area (Å²) >= 11 is 0. The van der Waals surface area contributed by atoms with E-state index in [4.69, 9.17) is 4.74 Å². The van der Waals surface area contributed by atoms with Crippen molar-refractivity contribution in [1.82, 2.24) is 0 Å². The van der Waals surface area contributed by atoms with Gasteiger partial charge in [-0.3, -0.25) is 0 Å². The predicted molar refractivity (Wildman–Crippen MR) is 110 cm³/mol. The van der Waals surface area contributed by atoms with Crippen LogP contribution in [0.4, 0.5) is 4.39 Å². The van der Waals surface area contributed by atoms with E-state index in [9.17, 15) is 4.39 Å². The Labute approximate surface area is 164 Å². The Bertz CT molecular complexity index is 644. The molecule has 0 heterocycles. The summed E-state index contributed by atoms with van der Waals surface area (Å²) in [6.45, 7) is 2.29. The smallest absolute Gasteiger partial charge is 0.124 e. The van der Waals surface area contributed by atoms with E-state index >= 15 is 0 Å². The molecule has 2 aromatic carbocycles. The molecular formula is C25H33FO. The lowest BCUT2D eigenvalue weighted by molar-refractivity contribution is 0.167. The second kappa shape index (κ2) is 10.5. The molecule has 0 aromatic heterocycles. The lowest BCUT2D eigenvalue weighted by Gasteiger charge is -2.30. The monoisotopic (exact) mass is 368 g/mol. The SMILES string of the molecule is CCCC[C@H]1CC[C@H](CCC(Oc2ccc(F)cc2)c2ccccc2)CC1. The summed E-state index contributed by atoms with van der Waals surface area (Å²) in [7, 11) is 0. The van der Waals surface area contributed by atoms with Crippen molar-refractivity contribution in [2.75, 3.05) is 0 Å². The summed E-state index contributed by atoms with van der Waals surface area (Å²) in [5, 5.41) is 0. The molecule has 1 aliphatic rings. The molecular weight excluding hydrogens is 335 g/mol. The highest BCUT2D eigenvalue weighted by atomic mass is 19.1. The number of hydrogen-bond acceptors (Lipinski definition) is 1. The molecule has 0 amide bonds. The minimum atomic E-state index is -0.224. The van der Waals surface area contributed by atoms with E-state index in [1.165, 1.54) is 69.1 Å². The van der Waals surface area contributed by atoms with Crippen molar-refractivity contribution in [2.24, 2.45) is 11.8 Å². The van der Waals surface area contributed by atoms with Crippen LogP contribution in [0.1, 0.15) is 76.4 Å². The van der Waals surface area contributed by atoms with E-state index in [2.05, 4.69) is 31.2 Å². The molecule has 1 saturated carbocycles. The number of benzene rings is 2. The molecule has 146 valence electrons. The van der Waals surface area contributed by atoms with Crippen molar-refractivity contribution in [1.29, 1.82) is 0 Å². The number of halogens is 1. The molecule has 1 fully saturated rings. The molecule has 0 radical (unpaired) electrons. The van der Waals surface area contributed by atoms with Crippen LogP contribution < -0.4 is 4.74 Å². The fraction of sp³-hybridized carbons (Fsp3) is 0.520. The number of ether oxygens (including phenoxy) is 1. The number of hydrogen-bond donors (Lipinski definition) is 0. The minimum Gasteiger partial charge on any atom is -0.486 e. The average molecular weight is 369 g/mol. The number of rotatable bonds is 9. The summed E-state index contributed by atoms with van der Waals surface area (Å²) in [5.41, 5.74) is 1.21. The van der Waals surface area contributed by atoms with E-state index in [1.807, 2.05) is 6.07 Å². The van der Waals surface area contributed by atoms with Gasteiger partial charge in [0.2, 0.25) is 0 Å². The van der Waals surface area contributed by atoms with Crippen molar-refractivity contribution in [2.45, 2.75) is 70.8 Å². The third-order valence-electron chi connectivity index (χ3n) is 6.03. The summed E-state index contributed by atoms with van der Waals surface area (Å²) < 4.78 is 19.4. The molecule has 0 saturated heterocycles. The summed E-state index contributed by atoms with van der Waals surface area (Å²) in [6, 6.07) is 16.8. The van der Waals surface area contributed by atoms with E-state index in [-0.39, 0.29) is 11.9 Å². The zero-order valence-electron chi connectivity index (χ0n) is 16.6. The molecule has 3 rings (SSSR count). The third kappa shape index (κ3) is 6.37. The molecule has 1 nitrogen and oxygen atoms in total. The molecule has 0 bridgehead atoms. The van der Waals surface area contributed by atoms with Gasteiger partial charge < -0.3 is 4.74 Å². The van der Waals surface area contributed by atoms with E-state index in [1.54, 1.807) is 12.1 Å². The molecule has 27 heavy (non-hydrogen) atoms. The van der Waals surface area contributed by atoms with Crippen LogP contribution in [0.15, 0.2) is 54.6 Å². The Morgan fingerprint density at radius 3 is 2.15 bits per heavy atom. The maximum Gasteiger partial charge on any atom is 0.124 e. The van der Waals surface area contributed by atoms with Crippen LogP contribution >= 0.6 is 0 Å². The van der Waals surface area contributed by atoms with E-state index < -0.39 is 0 Å². The highest BCUT2D eigenvalue weighted by Gasteiger charge is 2.23. The Morgan fingerprint density at radius 1 is 0.889 bits per heavy atom. The van der Waals surface area contributed by atoms with Gasteiger partial charge in [-0.1, -0.05) is 82.2 Å². The van der Waals surface area contributed by atoms with Crippen molar-refractivity contribution in [3.05, 3.63) is 66.0 Å². The Kier molecular flexibility index (Phi) is 7.74. The maximum absolute atomic E-state index is 13.2. The zero-order chi connectivity index (χ0) is 18.9. The van der Waals surface area contributed by atoms with Gasteiger partial charge >= 0.3 is 0 Å². The second-order valence-corrected chi connectivity index (χ2v) is 8.08. The lowest BCUT2D eigenvalue weighted by Crippen LogP contribution is -2.16. The molecule has 2 heteroatoms. The van der Waals surface area contributed by atoms with Crippen LogP contribution in [0.2, 0.25) is 0 Å². The standard InChI is InChI=1S/C25H33FO/c1-2-3-7-20-10-12-21(13-11-20)14-19-25(22-8-5-4-6-9-22)27-24-17-15-23(26)16-18-24/h4-6,8-9,15-18,20-21,25H,2-3,7,10-14,19H2,1H3/t20-,21-,25?. The molecule has 1 aliphatic carbocycles. The molecule has 0 aliphatic heterocycles. The van der Waals surface area contributed by atoms with Gasteiger partial charge in [0.05, 0.1) is 0 Å². The largest absolute Gasteiger partial charge is 0.486 e. The van der Waals surface area contributed by atoms with Gasteiger partial charge in [-0.05, 0) is 54.5 Å². The predicted octanol–water partition coefficient (Wildman–Crippen LogP) is 7.72. The molecule has 1 unspecified atom stereocenters. The number of unbranched alkanes of at least 4 members (excludes halogenated alkanes) is 1. The second-order valence-electron chi connectivity index (χ2n) is 8.08. The minimum absolute atomic E-state index is 0.0366. The topological polar surface area (TPSA) is 9.23 Å². The zero-order valence-corrected chi connectivity index (χ0v) is 16.6. The van der Waals surface area contributed by atoms with Crippen LogP contribution in [0, 0.1) is 17.7 Å². The average Bonchev–Trinajstić information content (AvgIpc) is 2.72. The Balaban J connectivity index is 1.55. The quantitative estimate of drug-likeness (QED) is 0.440. The normalized spacial score (nSPS) is 21.0. The Hall–Kier alpha value is -1.83. The maximum atomic E-state index is 13.2. The first-order valence-electron chi connectivity index (χ1n) is 10.7. The van der Waals surface area contributed by atoms with Crippen LogP contribution in [0.5, 0.6) is 5.75 Å².